The second kappa shape index (κ2) is 8.78. The summed E-state index contributed by atoms with van der Waals surface area (Å²) in [6.45, 7) is 6.33. The normalized spacial score (nSPS) is 12.0. The van der Waals surface area contributed by atoms with Crippen LogP contribution < -0.4 is 10.6 Å². The number of benzene rings is 1. The van der Waals surface area contributed by atoms with Crippen LogP contribution >= 0.6 is 11.3 Å². The first kappa shape index (κ1) is 19.1. The summed E-state index contributed by atoms with van der Waals surface area (Å²) in [7, 11) is 1.33. The Bertz CT molecular complexity index is 726. The van der Waals surface area contributed by atoms with E-state index >= 15 is 0 Å². The van der Waals surface area contributed by atoms with Gasteiger partial charge in [-0.3, -0.25) is 4.79 Å². The lowest BCUT2D eigenvalue weighted by Crippen LogP contribution is -2.33. The molecule has 1 aromatic heterocycles. The zero-order valence-electron chi connectivity index (χ0n) is 15.0. The lowest BCUT2D eigenvalue weighted by Gasteiger charge is -2.21. The first-order chi connectivity index (χ1) is 11.9. The monoisotopic (exact) mass is 360 g/mol. The first-order valence-corrected chi connectivity index (χ1v) is 9.06. The zero-order valence-corrected chi connectivity index (χ0v) is 15.8. The van der Waals surface area contributed by atoms with Crippen LogP contribution in [0.5, 0.6) is 0 Å². The van der Waals surface area contributed by atoms with E-state index in [1.807, 2.05) is 18.4 Å². The highest BCUT2D eigenvalue weighted by atomic mass is 32.1. The number of ether oxygens (including phenoxy) is 1. The lowest BCUT2D eigenvalue weighted by molar-refractivity contribution is -0.115. The predicted molar refractivity (Wildman–Crippen MR) is 101 cm³/mol. The van der Waals surface area contributed by atoms with E-state index in [0.717, 1.165) is 5.56 Å². The van der Waals surface area contributed by atoms with Crippen molar-refractivity contribution < 1.29 is 14.3 Å². The minimum atomic E-state index is -0.425. The van der Waals surface area contributed by atoms with Gasteiger partial charge in [0.25, 0.3) is 0 Å². The van der Waals surface area contributed by atoms with E-state index in [-0.39, 0.29) is 18.5 Å². The molecule has 5 nitrogen and oxygen atoms in total. The largest absolute Gasteiger partial charge is 0.465 e. The van der Waals surface area contributed by atoms with Crippen molar-refractivity contribution in [3.63, 3.8) is 0 Å². The van der Waals surface area contributed by atoms with Crippen molar-refractivity contribution in [3.05, 3.63) is 51.7 Å². The Balaban J connectivity index is 2.01. The van der Waals surface area contributed by atoms with Crippen LogP contribution in [0.1, 0.15) is 40.7 Å². The molecule has 2 N–H and O–H groups in total. The number of anilines is 1. The van der Waals surface area contributed by atoms with E-state index in [4.69, 9.17) is 4.74 Å². The maximum atomic E-state index is 12.3. The van der Waals surface area contributed by atoms with Crippen molar-refractivity contribution >= 4 is 28.9 Å². The predicted octanol–water partition coefficient (Wildman–Crippen LogP) is 3.77. The summed E-state index contributed by atoms with van der Waals surface area (Å²) in [4.78, 5) is 25.2. The second-order valence-electron chi connectivity index (χ2n) is 6.19. The highest BCUT2D eigenvalue weighted by Gasteiger charge is 2.18. The number of hydrogen-bond acceptors (Lipinski definition) is 5. The van der Waals surface area contributed by atoms with Gasteiger partial charge in [-0.2, -0.15) is 0 Å². The van der Waals surface area contributed by atoms with Crippen molar-refractivity contribution in [2.24, 2.45) is 5.92 Å². The van der Waals surface area contributed by atoms with Crippen molar-refractivity contribution in [1.29, 1.82) is 0 Å². The number of aryl methyl sites for hydroxylation is 1. The number of thiophene rings is 1. The third-order valence-corrected chi connectivity index (χ3v) is 4.89. The van der Waals surface area contributed by atoms with Crippen LogP contribution in [0.2, 0.25) is 0 Å². The molecule has 0 spiro atoms. The Morgan fingerprint density at radius 2 is 2.00 bits per heavy atom. The molecule has 0 aliphatic carbocycles. The Hall–Kier alpha value is -2.18. The van der Waals surface area contributed by atoms with Crippen molar-refractivity contribution in [2.45, 2.75) is 26.8 Å². The van der Waals surface area contributed by atoms with E-state index < -0.39 is 5.97 Å². The number of methoxy groups -OCH3 is 1. The minimum Gasteiger partial charge on any atom is -0.465 e. The SMILES string of the molecule is COC(=O)c1ccc(C)c(NC(=O)CNC(c2cccs2)C(C)C)c1. The van der Waals surface area contributed by atoms with Gasteiger partial charge >= 0.3 is 5.97 Å². The molecule has 0 saturated heterocycles. The molecule has 6 heteroatoms. The smallest absolute Gasteiger partial charge is 0.337 e. The Morgan fingerprint density at radius 3 is 2.60 bits per heavy atom. The molecular formula is C19H24N2O3S. The molecule has 0 saturated carbocycles. The molecule has 1 amide bonds. The van der Waals surface area contributed by atoms with E-state index in [0.29, 0.717) is 17.2 Å². The summed E-state index contributed by atoms with van der Waals surface area (Å²) < 4.78 is 4.72. The van der Waals surface area contributed by atoms with Gasteiger partial charge in [0, 0.05) is 16.6 Å². The Kier molecular flexibility index (Phi) is 6.73. The molecular weight excluding hydrogens is 336 g/mol. The maximum absolute atomic E-state index is 12.3. The fourth-order valence-electron chi connectivity index (χ4n) is 2.53. The number of hydrogen-bond donors (Lipinski definition) is 2. The van der Waals surface area contributed by atoms with Gasteiger partial charge in [0.15, 0.2) is 0 Å². The van der Waals surface area contributed by atoms with E-state index in [1.165, 1.54) is 12.0 Å². The van der Waals surface area contributed by atoms with Crippen molar-refractivity contribution in [2.75, 3.05) is 19.0 Å². The molecule has 1 unspecified atom stereocenters. The molecule has 25 heavy (non-hydrogen) atoms. The molecule has 0 aliphatic rings. The summed E-state index contributed by atoms with van der Waals surface area (Å²) >= 11 is 1.68. The fraction of sp³-hybridized carbons (Fsp3) is 0.368. The molecule has 0 bridgehead atoms. The third kappa shape index (κ3) is 5.14. The molecule has 1 aromatic carbocycles. The van der Waals surface area contributed by atoms with Crippen LogP contribution in [-0.4, -0.2) is 25.5 Å². The minimum absolute atomic E-state index is 0.133. The highest BCUT2D eigenvalue weighted by molar-refractivity contribution is 7.10. The Labute approximate surface area is 152 Å². The third-order valence-electron chi connectivity index (χ3n) is 3.93. The summed E-state index contributed by atoms with van der Waals surface area (Å²) in [6.07, 6.45) is 0. The van der Waals surface area contributed by atoms with Crippen LogP contribution in [0, 0.1) is 12.8 Å². The molecule has 1 heterocycles. The number of rotatable bonds is 7. The van der Waals surface area contributed by atoms with Crippen LogP contribution in [0.3, 0.4) is 0 Å². The lowest BCUT2D eigenvalue weighted by atomic mass is 10.0. The Morgan fingerprint density at radius 1 is 1.24 bits per heavy atom. The van der Waals surface area contributed by atoms with Gasteiger partial charge in [-0.1, -0.05) is 26.0 Å². The van der Waals surface area contributed by atoms with Crippen LogP contribution in [0.4, 0.5) is 5.69 Å². The average Bonchev–Trinajstić information content (AvgIpc) is 3.10. The number of carbonyl (C=O) groups is 2. The van der Waals surface area contributed by atoms with Crippen LogP contribution in [-0.2, 0) is 9.53 Å². The maximum Gasteiger partial charge on any atom is 0.337 e. The zero-order chi connectivity index (χ0) is 18.4. The van der Waals surface area contributed by atoms with Gasteiger partial charge in [-0.05, 0) is 42.0 Å². The molecule has 1 atom stereocenters. The highest BCUT2D eigenvalue weighted by Crippen LogP contribution is 2.25. The summed E-state index contributed by atoms with van der Waals surface area (Å²) in [5.74, 6) is -0.200. The average molecular weight is 360 g/mol. The van der Waals surface area contributed by atoms with E-state index in [9.17, 15) is 9.59 Å². The van der Waals surface area contributed by atoms with Crippen LogP contribution in [0.15, 0.2) is 35.7 Å². The number of nitrogens with one attached hydrogen (secondary N) is 2. The number of carbonyl (C=O) groups excluding carboxylic acids is 2. The molecule has 0 fully saturated rings. The van der Waals surface area contributed by atoms with E-state index in [2.05, 4.69) is 30.5 Å². The summed E-state index contributed by atoms with van der Waals surface area (Å²) in [5.41, 5.74) is 1.92. The van der Waals surface area contributed by atoms with Crippen LogP contribution in [0.25, 0.3) is 0 Å². The van der Waals surface area contributed by atoms with Crippen molar-refractivity contribution in [3.8, 4) is 0 Å². The van der Waals surface area contributed by atoms with Gasteiger partial charge in [0.05, 0.1) is 19.2 Å². The fourth-order valence-corrected chi connectivity index (χ4v) is 3.51. The quantitative estimate of drug-likeness (QED) is 0.738. The molecule has 134 valence electrons. The molecule has 2 rings (SSSR count). The van der Waals surface area contributed by atoms with Crippen molar-refractivity contribution in [1.82, 2.24) is 5.32 Å². The first-order valence-electron chi connectivity index (χ1n) is 8.18. The van der Waals surface area contributed by atoms with E-state index in [1.54, 1.807) is 29.5 Å². The van der Waals surface area contributed by atoms with Gasteiger partial charge in [-0.25, -0.2) is 4.79 Å². The van der Waals surface area contributed by atoms with Gasteiger partial charge in [0.2, 0.25) is 5.91 Å². The van der Waals surface area contributed by atoms with Gasteiger partial charge in [-0.15, -0.1) is 11.3 Å². The standard InChI is InChI=1S/C19H24N2O3S/c1-12(2)18(16-6-5-9-25-16)20-11-17(22)21-15-10-14(19(23)24-4)8-7-13(15)3/h5-10,12,18,20H,11H2,1-4H3,(H,21,22). The molecule has 2 aromatic rings. The molecule has 0 aliphatic heterocycles. The molecule has 0 radical (unpaired) electrons. The topological polar surface area (TPSA) is 67.4 Å². The summed E-state index contributed by atoms with van der Waals surface area (Å²) in [6, 6.07) is 9.33. The number of amides is 1. The van der Waals surface area contributed by atoms with Gasteiger partial charge in [0.1, 0.15) is 0 Å². The summed E-state index contributed by atoms with van der Waals surface area (Å²) in [5, 5.41) is 8.22. The number of esters is 1. The van der Waals surface area contributed by atoms with Gasteiger partial charge < -0.3 is 15.4 Å². The second-order valence-corrected chi connectivity index (χ2v) is 7.17.